The van der Waals surface area contributed by atoms with Crippen molar-refractivity contribution in [3.63, 3.8) is 0 Å². The maximum absolute atomic E-state index is 11.0. The van der Waals surface area contributed by atoms with Gasteiger partial charge in [-0.2, -0.15) is 0 Å². The van der Waals surface area contributed by atoms with Crippen molar-refractivity contribution in [1.82, 2.24) is 10.6 Å². The number of hydrogen-bond acceptors (Lipinski definition) is 4. The maximum Gasteiger partial charge on any atom is 0.221 e. The molecule has 1 aromatic carbocycles. The molecular weight excluding hydrogens is 256 g/mol. The number of amides is 1. The van der Waals surface area contributed by atoms with Gasteiger partial charge in [-0.05, 0) is 24.1 Å². The van der Waals surface area contributed by atoms with E-state index in [4.69, 9.17) is 4.74 Å². The van der Waals surface area contributed by atoms with Gasteiger partial charge in [0.25, 0.3) is 0 Å². The van der Waals surface area contributed by atoms with E-state index in [1.165, 1.54) is 5.56 Å². The molecule has 1 amide bonds. The van der Waals surface area contributed by atoms with Gasteiger partial charge >= 0.3 is 0 Å². The van der Waals surface area contributed by atoms with E-state index in [2.05, 4.69) is 17.6 Å². The smallest absolute Gasteiger partial charge is 0.221 e. The number of aliphatic hydroxyl groups is 1. The lowest BCUT2D eigenvalue weighted by Gasteiger charge is -2.13. The topological polar surface area (TPSA) is 70.6 Å². The van der Waals surface area contributed by atoms with Crippen LogP contribution in [0.2, 0.25) is 0 Å². The summed E-state index contributed by atoms with van der Waals surface area (Å²) in [5.74, 6) is 0.742. The Bertz CT molecular complexity index is 393. The first kappa shape index (κ1) is 16.5. The predicted molar refractivity (Wildman–Crippen MR) is 78.9 cm³/mol. The van der Waals surface area contributed by atoms with Gasteiger partial charge in [0.2, 0.25) is 5.91 Å². The van der Waals surface area contributed by atoms with Crippen molar-refractivity contribution in [2.75, 3.05) is 26.7 Å². The van der Waals surface area contributed by atoms with Crippen LogP contribution in [-0.4, -0.2) is 43.9 Å². The molecule has 0 aromatic heterocycles. The van der Waals surface area contributed by atoms with Crippen molar-refractivity contribution < 1.29 is 14.6 Å². The van der Waals surface area contributed by atoms with Crippen molar-refractivity contribution in [1.29, 1.82) is 0 Å². The third-order valence-electron chi connectivity index (χ3n) is 2.96. The summed E-state index contributed by atoms with van der Waals surface area (Å²) in [5, 5.41) is 15.3. The summed E-state index contributed by atoms with van der Waals surface area (Å²) in [6.45, 7) is 3.29. The predicted octanol–water partition coefficient (Wildman–Crippen LogP) is 0.714. The van der Waals surface area contributed by atoms with E-state index in [1.54, 1.807) is 7.05 Å². The molecule has 5 nitrogen and oxygen atoms in total. The van der Waals surface area contributed by atoms with Crippen LogP contribution in [0.5, 0.6) is 5.75 Å². The number of ether oxygens (including phenoxy) is 1. The Morgan fingerprint density at radius 3 is 2.65 bits per heavy atom. The van der Waals surface area contributed by atoms with Crippen LogP contribution in [0.25, 0.3) is 0 Å². The van der Waals surface area contributed by atoms with E-state index in [-0.39, 0.29) is 12.5 Å². The first-order chi connectivity index (χ1) is 9.65. The van der Waals surface area contributed by atoms with Crippen LogP contribution in [0.15, 0.2) is 24.3 Å². The third kappa shape index (κ3) is 6.54. The summed E-state index contributed by atoms with van der Waals surface area (Å²) < 4.78 is 5.50. The summed E-state index contributed by atoms with van der Waals surface area (Å²) in [4.78, 5) is 11.0. The number of rotatable bonds is 9. The van der Waals surface area contributed by atoms with Crippen molar-refractivity contribution in [2.24, 2.45) is 0 Å². The second-order valence-electron chi connectivity index (χ2n) is 4.59. The minimum absolute atomic E-state index is 0.0146. The molecule has 0 radical (unpaired) electrons. The molecule has 1 unspecified atom stereocenters. The highest BCUT2D eigenvalue weighted by molar-refractivity contribution is 5.75. The van der Waals surface area contributed by atoms with E-state index < -0.39 is 6.10 Å². The van der Waals surface area contributed by atoms with Crippen LogP contribution in [-0.2, 0) is 11.2 Å². The summed E-state index contributed by atoms with van der Waals surface area (Å²) in [7, 11) is 1.61. The van der Waals surface area contributed by atoms with Crippen molar-refractivity contribution >= 4 is 5.91 Å². The molecule has 1 atom stereocenters. The number of aryl methyl sites for hydroxylation is 1. The SMILES string of the molecule is CCc1ccc(OCC(O)CNCCC(=O)NC)cc1. The average molecular weight is 280 g/mol. The highest BCUT2D eigenvalue weighted by atomic mass is 16.5. The first-order valence-corrected chi connectivity index (χ1v) is 6.96. The summed E-state index contributed by atoms with van der Waals surface area (Å²) in [5.41, 5.74) is 1.26. The minimum atomic E-state index is -0.592. The maximum atomic E-state index is 11.0. The molecule has 0 aliphatic carbocycles. The molecule has 0 aliphatic rings. The van der Waals surface area contributed by atoms with Gasteiger partial charge < -0.3 is 20.5 Å². The van der Waals surface area contributed by atoms with Crippen molar-refractivity contribution in [3.8, 4) is 5.75 Å². The molecule has 0 spiro atoms. The van der Waals surface area contributed by atoms with E-state index >= 15 is 0 Å². The monoisotopic (exact) mass is 280 g/mol. The van der Waals surface area contributed by atoms with Crippen molar-refractivity contribution in [3.05, 3.63) is 29.8 Å². The van der Waals surface area contributed by atoms with E-state index in [1.807, 2.05) is 24.3 Å². The fourth-order valence-electron chi connectivity index (χ4n) is 1.67. The Morgan fingerprint density at radius 2 is 2.05 bits per heavy atom. The molecule has 0 heterocycles. The fraction of sp³-hybridized carbons (Fsp3) is 0.533. The van der Waals surface area contributed by atoms with Crippen LogP contribution >= 0.6 is 0 Å². The quantitative estimate of drug-likeness (QED) is 0.583. The van der Waals surface area contributed by atoms with Gasteiger partial charge in [0.1, 0.15) is 18.5 Å². The lowest BCUT2D eigenvalue weighted by Crippen LogP contribution is -2.33. The van der Waals surface area contributed by atoms with E-state index in [9.17, 15) is 9.90 Å². The van der Waals surface area contributed by atoms with Gasteiger partial charge in [0.05, 0.1) is 0 Å². The van der Waals surface area contributed by atoms with Crippen LogP contribution in [0, 0.1) is 0 Å². The molecule has 0 aliphatic heterocycles. The zero-order chi connectivity index (χ0) is 14.8. The Morgan fingerprint density at radius 1 is 1.35 bits per heavy atom. The Labute approximate surface area is 120 Å². The number of carbonyl (C=O) groups is 1. The number of benzene rings is 1. The number of nitrogens with one attached hydrogen (secondary N) is 2. The summed E-state index contributed by atoms with van der Waals surface area (Å²) >= 11 is 0. The van der Waals surface area contributed by atoms with Gasteiger partial charge in [0, 0.05) is 26.6 Å². The number of aliphatic hydroxyl groups excluding tert-OH is 1. The van der Waals surface area contributed by atoms with E-state index in [0.29, 0.717) is 19.5 Å². The lowest BCUT2D eigenvalue weighted by molar-refractivity contribution is -0.120. The highest BCUT2D eigenvalue weighted by Crippen LogP contribution is 2.12. The zero-order valence-electron chi connectivity index (χ0n) is 12.2. The Kier molecular flexibility index (Phi) is 7.69. The Hall–Kier alpha value is -1.59. The number of carbonyl (C=O) groups excluding carboxylic acids is 1. The molecule has 5 heteroatoms. The average Bonchev–Trinajstić information content (AvgIpc) is 2.49. The molecule has 1 rings (SSSR count). The summed E-state index contributed by atoms with van der Waals surface area (Å²) in [6.07, 6.45) is 0.811. The largest absolute Gasteiger partial charge is 0.491 e. The normalized spacial score (nSPS) is 11.9. The molecule has 3 N–H and O–H groups in total. The lowest BCUT2D eigenvalue weighted by atomic mass is 10.2. The van der Waals surface area contributed by atoms with Crippen molar-refractivity contribution in [2.45, 2.75) is 25.9 Å². The standard InChI is InChI=1S/C15H24N2O3/c1-3-12-4-6-14(7-5-12)20-11-13(18)10-17-9-8-15(19)16-2/h4-7,13,17-18H,3,8-11H2,1-2H3,(H,16,19). The molecule has 0 bridgehead atoms. The van der Waals surface area contributed by atoms with Gasteiger partial charge in [-0.3, -0.25) is 4.79 Å². The van der Waals surface area contributed by atoms with E-state index in [0.717, 1.165) is 12.2 Å². The minimum Gasteiger partial charge on any atom is -0.491 e. The molecule has 20 heavy (non-hydrogen) atoms. The summed E-state index contributed by atoms with van der Waals surface area (Å²) in [6, 6.07) is 7.85. The third-order valence-corrected chi connectivity index (χ3v) is 2.96. The van der Waals surface area contributed by atoms with Gasteiger partial charge in [-0.15, -0.1) is 0 Å². The first-order valence-electron chi connectivity index (χ1n) is 6.96. The fourth-order valence-corrected chi connectivity index (χ4v) is 1.67. The Balaban J connectivity index is 2.15. The van der Waals surface area contributed by atoms with Gasteiger partial charge in [-0.25, -0.2) is 0 Å². The highest BCUT2D eigenvalue weighted by Gasteiger charge is 2.05. The van der Waals surface area contributed by atoms with Gasteiger partial charge in [-0.1, -0.05) is 19.1 Å². The second kappa shape index (κ2) is 9.34. The molecule has 0 fully saturated rings. The molecule has 0 saturated heterocycles. The molecule has 1 aromatic rings. The molecule has 112 valence electrons. The van der Waals surface area contributed by atoms with Crippen LogP contribution in [0.3, 0.4) is 0 Å². The van der Waals surface area contributed by atoms with Crippen LogP contribution in [0.1, 0.15) is 18.9 Å². The number of hydrogen-bond donors (Lipinski definition) is 3. The second-order valence-corrected chi connectivity index (χ2v) is 4.59. The zero-order valence-corrected chi connectivity index (χ0v) is 12.2. The van der Waals surface area contributed by atoms with Crippen LogP contribution < -0.4 is 15.4 Å². The van der Waals surface area contributed by atoms with Crippen LogP contribution in [0.4, 0.5) is 0 Å². The van der Waals surface area contributed by atoms with Gasteiger partial charge in [0.15, 0.2) is 0 Å². The molecular formula is C15H24N2O3. The molecule has 0 saturated carbocycles.